The Morgan fingerprint density at radius 2 is 2.33 bits per heavy atom. The fraction of sp³-hybridized carbons (Fsp3) is 0.583. The standard InChI is InChI=1S/C12H20N4S2/c1-9(2)7-17-8-11(15-13)5-10-6-16-3-4-18-12(16)14-10/h3-4,6,9,11,15H,5,7-8,13H2,1-2H3. The lowest BCUT2D eigenvalue weighted by atomic mass is 10.2. The van der Waals surface area contributed by atoms with Crippen molar-refractivity contribution in [1.29, 1.82) is 0 Å². The third kappa shape index (κ3) is 3.71. The molecular weight excluding hydrogens is 264 g/mol. The van der Waals surface area contributed by atoms with Gasteiger partial charge in [-0.2, -0.15) is 11.8 Å². The highest BCUT2D eigenvalue weighted by Crippen LogP contribution is 2.15. The maximum Gasteiger partial charge on any atom is 0.193 e. The SMILES string of the molecule is CC(C)CSCC(Cc1cn2ccsc2n1)NN. The summed E-state index contributed by atoms with van der Waals surface area (Å²) in [5.74, 6) is 8.54. The molecule has 0 saturated carbocycles. The predicted octanol–water partition coefficient (Wildman–Crippen LogP) is 2.16. The first-order chi connectivity index (χ1) is 8.69. The first-order valence-electron chi connectivity index (χ1n) is 6.14. The van der Waals surface area contributed by atoms with Crippen LogP contribution in [0.25, 0.3) is 4.96 Å². The molecule has 0 saturated heterocycles. The van der Waals surface area contributed by atoms with E-state index in [1.807, 2.05) is 23.3 Å². The number of hydrogen-bond donors (Lipinski definition) is 2. The van der Waals surface area contributed by atoms with E-state index in [4.69, 9.17) is 5.84 Å². The number of fused-ring (bicyclic) bond motifs is 1. The van der Waals surface area contributed by atoms with E-state index in [9.17, 15) is 0 Å². The van der Waals surface area contributed by atoms with Gasteiger partial charge in [-0.1, -0.05) is 13.8 Å². The lowest BCUT2D eigenvalue weighted by Crippen LogP contribution is -2.39. The lowest BCUT2D eigenvalue weighted by Gasteiger charge is -2.14. The molecule has 0 spiro atoms. The van der Waals surface area contributed by atoms with E-state index in [-0.39, 0.29) is 0 Å². The van der Waals surface area contributed by atoms with Crippen molar-refractivity contribution in [2.75, 3.05) is 11.5 Å². The van der Waals surface area contributed by atoms with Crippen LogP contribution in [0.2, 0.25) is 0 Å². The molecule has 0 fully saturated rings. The molecular formula is C12H20N4S2. The van der Waals surface area contributed by atoms with E-state index >= 15 is 0 Å². The molecule has 18 heavy (non-hydrogen) atoms. The Morgan fingerprint density at radius 3 is 3.00 bits per heavy atom. The van der Waals surface area contributed by atoms with Crippen molar-refractivity contribution < 1.29 is 0 Å². The normalized spacial score (nSPS) is 13.6. The minimum absolute atomic E-state index is 0.290. The van der Waals surface area contributed by atoms with Gasteiger partial charge in [-0.05, 0) is 11.7 Å². The second-order valence-electron chi connectivity index (χ2n) is 4.82. The summed E-state index contributed by atoms with van der Waals surface area (Å²) in [4.78, 5) is 5.63. The Kier molecular flexibility index (Phi) is 5.05. The summed E-state index contributed by atoms with van der Waals surface area (Å²) in [5, 5.41) is 2.04. The molecule has 1 unspecified atom stereocenters. The molecule has 0 radical (unpaired) electrons. The molecule has 3 N–H and O–H groups in total. The summed E-state index contributed by atoms with van der Waals surface area (Å²) in [6, 6.07) is 0.290. The van der Waals surface area contributed by atoms with Gasteiger partial charge in [0.2, 0.25) is 0 Å². The second-order valence-corrected chi connectivity index (χ2v) is 6.77. The third-order valence-electron chi connectivity index (χ3n) is 2.60. The average Bonchev–Trinajstić information content (AvgIpc) is 2.87. The Labute approximate surface area is 116 Å². The van der Waals surface area contributed by atoms with E-state index in [2.05, 4.69) is 34.9 Å². The first-order valence-corrected chi connectivity index (χ1v) is 8.17. The summed E-state index contributed by atoms with van der Waals surface area (Å²) >= 11 is 3.61. The largest absolute Gasteiger partial charge is 0.297 e. The monoisotopic (exact) mass is 284 g/mol. The summed E-state index contributed by atoms with van der Waals surface area (Å²) in [6.45, 7) is 4.47. The van der Waals surface area contributed by atoms with Gasteiger partial charge in [-0.3, -0.25) is 15.7 Å². The maximum atomic E-state index is 5.61. The number of thioether (sulfide) groups is 1. The molecule has 2 rings (SSSR count). The van der Waals surface area contributed by atoms with Gasteiger partial charge < -0.3 is 0 Å². The molecule has 0 aromatic carbocycles. The van der Waals surface area contributed by atoms with Crippen LogP contribution in [0.4, 0.5) is 0 Å². The van der Waals surface area contributed by atoms with Gasteiger partial charge >= 0.3 is 0 Å². The molecule has 0 amide bonds. The van der Waals surface area contributed by atoms with Crippen molar-refractivity contribution in [3.8, 4) is 0 Å². The number of nitrogens with one attached hydrogen (secondary N) is 1. The first kappa shape index (κ1) is 13.9. The van der Waals surface area contributed by atoms with Crippen molar-refractivity contribution in [2.24, 2.45) is 11.8 Å². The summed E-state index contributed by atoms with van der Waals surface area (Å²) < 4.78 is 2.06. The molecule has 0 aliphatic heterocycles. The van der Waals surface area contributed by atoms with Crippen molar-refractivity contribution in [1.82, 2.24) is 14.8 Å². The topological polar surface area (TPSA) is 55.3 Å². The second kappa shape index (κ2) is 6.56. The molecule has 2 heterocycles. The smallest absolute Gasteiger partial charge is 0.193 e. The number of aromatic nitrogens is 2. The minimum atomic E-state index is 0.290. The van der Waals surface area contributed by atoms with Crippen LogP contribution >= 0.6 is 23.1 Å². The fourth-order valence-electron chi connectivity index (χ4n) is 1.74. The number of nitrogens with zero attached hydrogens (tertiary/aromatic N) is 2. The Bertz CT molecular complexity index is 449. The van der Waals surface area contributed by atoms with Gasteiger partial charge in [-0.15, -0.1) is 11.3 Å². The van der Waals surface area contributed by atoms with Crippen molar-refractivity contribution in [3.63, 3.8) is 0 Å². The molecule has 6 heteroatoms. The predicted molar refractivity (Wildman–Crippen MR) is 80.0 cm³/mol. The van der Waals surface area contributed by atoms with Crippen LogP contribution < -0.4 is 11.3 Å². The fourth-order valence-corrected chi connectivity index (χ4v) is 3.56. The van der Waals surface area contributed by atoms with Gasteiger partial charge in [-0.25, -0.2) is 4.98 Å². The number of hydrazine groups is 1. The van der Waals surface area contributed by atoms with E-state index < -0.39 is 0 Å². The minimum Gasteiger partial charge on any atom is -0.297 e. The van der Waals surface area contributed by atoms with Crippen LogP contribution in [-0.4, -0.2) is 26.9 Å². The zero-order chi connectivity index (χ0) is 13.0. The van der Waals surface area contributed by atoms with Crippen molar-refractivity contribution >= 4 is 28.1 Å². The van der Waals surface area contributed by atoms with Crippen molar-refractivity contribution in [2.45, 2.75) is 26.3 Å². The zero-order valence-electron chi connectivity index (χ0n) is 10.8. The Morgan fingerprint density at radius 1 is 1.50 bits per heavy atom. The van der Waals surface area contributed by atoms with Crippen LogP contribution in [0, 0.1) is 5.92 Å². The molecule has 1 atom stereocenters. The van der Waals surface area contributed by atoms with Crippen LogP contribution in [0.3, 0.4) is 0 Å². The van der Waals surface area contributed by atoms with Crippen LogP contribution in [-0.2, 0) is 6.42 Å². The molecule has 0 aliphatic carbocycles. The van der Waals surface area contributed by atoms with Crippen LogP contribution in [0.15, 0.2) is 17.8 Å². The summed E-state index contributed by atoms with van der Waals surface area (Å²) in [6.07, 6.45) is 5.01. The highest BCUT2D eigenvalue weighted by atomic mass is 32.2. The highest BCUT2D eigenvalue weighted by Gasteiger charge is 2.11. The number of imidazole rings is 1. The van der Waals surface area contributed by atoms with Gasteiger partial charge in [0.1, 0.15) is 0 Å². The number of thiazole rings is 1. The summed E-state index contributed by atoms with van der Waals surface area (Å²) in [5.41, 5.74) is 4.00. The molecule has 0 aliphatic rings. The average molecular weight is 284 g/mol. The van der Waals surface area contributed by atoms with E-state index in [1.54, 1.807) is 11.3 Å². The van der Waals surface area contributed by atoms with E-state index in [0.717, 1.165) is 28.7 Å². The maximum absolute atomic E-state index is 5.61. The van der Waals surface area contributed by atoms with Gasteiger partial charge in [0.15, 0.2) is 4.96 Å². The summed E-state index contributed by atoms with van der Waals surface area (Å²) in [7, 11) is 0. The third-order valence-corrected chi connectivity index (χ3v) is 4.92. The Hall–Kier alpha value is -0.560. The number of nitrogens with two attached hydrogens (primary N) is 1. The van der Waals surface area contributed by atoms with Gasteiger partial charge in [0.25, 0.3) is 0 Å². The molecule has 2 aromatic rings. The molecule has 2 aromatic heterocycles. The van der Waals surface area contributed by atoms with Crippen LogP contribution in [0.5, 0.6) is 0 Å². The highest BCUT2D eigenvalue weighted by molar-refractivity contribution is 7.99. The Balaban J connectivity index is 1.87. The zero-order valence-corrected chi connectivity index (χ0v) is 12.4. The quantitative estimate of drug-likeness (QED) is 0.604. The van der Waals surface area contributed by atoms with Gasteiger partial charge in [0.05, 0.1) is 5.69 Å². The van der Waals surface area contributed by atoms with E-state index in [1.165, 1.54) is 5.75 Å². The van der Waals surface area contributed by atoms with Crippen molar-refractivity contribution in [3.05, 3.63) is 23.5 Å². The number of hydrogen-bond acceptors (Lipinski definition) is 5. The van der Waals surface area contributed by atoms with Crippen LogP contribution in [0.1, 0.15) is 19.5 Å². The van der Waals surface area contributed by atoms with E-state index in [0.29, 0.717) is 6.04 Å². The van der Waals surface area contributed by atoms with Gasteiger partial charge in [0, 0.05) is 36.0 Å². The molecule has 0 bridgehead atoms. The number of rotatable bonds is 7. The lowest BCUT2D eigenvalue weighted by molar-refractivity contribution is 0.570. The molecule has 100 valence electrons. The molecule has 4 nitrogen and oxygen atoms in total.